The Hall–Kier alpha value is -1.62. The second kappa shape index (κ2) is 5.64. The maximum atomic E-state index is 6.28. The number of aromatic nitrogens is 4. The SMILES string of the molecule is CCC1(Cn2nnnc2-c2cc(N)ccc2Cl)CCCC1. The summed E-state index contributed by atoms with van der Waals surface area (Å²) in [5, 5.41) is 12.8. The van der Waals surface area contributed by atoms with Gasteiger partial charge >= 0.3 is 0 Å². The van der Waals surface area contributed by atoms with E-state index in [4.69, 9.17) is 17.3 Å². The highest BCUT2D eigenvalue weighted by Crippen LogP contribution is 2.42. The fourth-order valence-corrected chi connectivity index (χ4v) is 3.49. The Kier molecular flexibility index (Phi) is 3.85. The molecule has 1 aliphatic rings. The van der Waals surface area contributed by atoms with Crippen LogP contribution in [-0.4, -0.2) is 20.2 Å². The van der Waals surface area contributed by atoms with Gasteiger partial charge in [0.2, 0.25) is 0 Å². The lowest BCUT2D eigenvalue weighted by atomic mass is 9.83. The van der Waals surface area contributed by atoms with Crippen molar-refractivity contribution >= 4 is 17.3 Å². The van der Waals surface area contributed by atoms with Gasteiger partial charge in [0.1, 0.15) is 0 Å². The van der Waals surface area contributed by atoms with Gasteiger partial charge in [0.15, 0.2) is 5.82 Å². The Labute approximate surface area is 129 Å². The van der Waals surface area contributed by atoms with Gasteiger partial charge in [-0.05, 0) is 53.3 Å². The number of hydrogen-bond donors (Lipinski definition) is 1. The van der Waals surface area contributed by atoms with Crippen LogP contribution in [0.25, 0.3) is 11.4 Å². The molecule has 112 valence electrons. The van der Waals surface area contributed by atoms with Crippen LogP contribution in [0.3, 0.4) is 0 Å². The summed E-state index contributed by atoms with van der Waals surface area (Å²) < 4.78 is 1.88. The van der Waals surface area contributed by atoms with Gasteiger partial charge < -0.3 is 5.73 Å². The van der Waals surface area contributed by atoms with Crippen molar-refractivity contribution < 1.29 is 0 Å². The molecule has 0 saturated heterocycles. The predicted molar refractivity (Wildman–Crippen MR) is 83.9 cm³/mol. The minimum Gasteiger partial charge on any atom is -0.399 e. The number of tetrazole rings is 1. The lowest BCUT2D eigenvalue weighted by molar-refractivity contribution is 0.226. The average Bonchev–Trinajstić information content (AvgIpc) is 3.12. The molecule has 0 bridgehead atoms. The molecule has 1 aromatic heterocycles. The minimum absolute atomic E-state index is 0.316. The zero-order valence-electron chi connectivity index (χ0n) is 12.2. The summed E-state index contributed by atoms with van der Waals surface area (Å²) in [6.45, 7) is 3.10. The van der Waals surface area contributed by atoms with E-state index >= 15 is 0 Å². The van der Waals surface area contributed by atoms with Crippen LogP contribution in [-0.2, 0) is 6.54 Å². The van der Waals surface area contributed by atoms with Crippen molar-refractivity contribution in [3.05, 3.63) is 23.2 Å². The first kappa shape index (κ1) is 14.3. The van der Waals surface area contributed by atoms with Gasteiger partial charge in [-0.3, -0.25) is 0 Å². The average molecular weight is 306 g/mol. The summed E-state index contributed by atoms with van der Waals surface area (Å²) >= 11 is 6.28. The number of nitrogens with two attached hydrogens (primary N) is 1. The second-order valence-electron chi connectivity index (χ2n) is 5.96. The predicted octanol–water partition coefficient (Wildman–Crippen LogP) is 3.55. The van der Waals surface area contributed by atoms with E-state index in [9.17, 15) is 0 Å². The third-order valence-electron chi connectivity index (χ3n) is 4.66. The summed E-state index contributed by atoms with van der Waals surface area (Å²) in [5.41, 5.74) is 7.64. The summed E-state index contributed by atoms with van der Waals surface area (Å²) in [6, 6.07) is 5.40. The van der Waals surface area contributed by atoms with E-state index in [0.29, 0.717) is 21.9 Å². The Morgan fingerprint density at radius 2 is 2.10 bits per heavy atom. The molecule has 1 aromatic carbocycles. The third kappa shape index (κ3) is 2.75. The van der Waals surface area contributed by atoms with Crippen LogP contribution in [0.4, 0.5) is 5.69 Å². The maximum Gasteiger partial charge on any atom is 0.183 e. The van der Waals surface area contributed by atoms with Crippen molar-refractivity contribution in [3.63, 3.8) is 0 Å². The van der Waals surface area contributed by atoms with Crippen molar-refractivity contribution in [1.82, 2.24) is 20.2 Å². The van der Waals surface area contributed by atoms with E-state index in [1.54, 1.807) is 12.1 Å². The number of benzene rings is 1. The third-order valence-corrected chi connectivity index (χ3v) is 4.99. The molecule has 0 aliphatic heterocycles. The number of nitrogen functional groups attached to an aromatic ring is 1. The van der Waals surface area contributed by atoms with Crippen molar-refractivity contribution in [2.45, 2.75) is 45.6 Å². The fourth-order valence-electron chi connectivity index (χ4n) is 3.28. The molecule has 21 heavy (non-hydrogen) atoms. The first-order chi connectivity index (χ1) is 10.1. The van der Waals surface area contributed by atoms with Gasteiger partial charge in [-0.2, -0.15) is 0 Å². The summed E-state index contributed by atoms with van der Waals surface area (Å²) in [7, 11) is 0. The molecule has 2 aromatic rings. The van der Waals surface area contributed by atoms with Crippen LogP contribution >= 0.6 is 11.6 Å². The topological polar surface area (TPSA) is 69.6 Å². The van der Waals surface area contributed by atoms with Crippen molar-refractivity contribution in [2.24, 2.45) is 5.41 Å². The van der Waals surface area contributed by atoms with E-state index in [-0.39, 0.29) is 0 Å². The van der Waals surface area contributed by atoms with Crippen LogP contribution in [0.15, 0.2) is 18.2 Å². The number of hydrogen-bond acceptors (Lipinski definition) is 4. The Morgan fingerprint density at radius 3 is 2.81 bits per heavy atom. The molecule has 6 heteroatoms. The zero-order valence-corrected chi connectivity index (χ0v) is 13.0. The molecule has 0 unspecified atom stereocenters. The van der Waals surface area contributed by atoms with Crippen molar-refractivity contribution in [1.29, 1.82) is 0 Å². The normalized spacial score (nSPS) is 17.2. The molecule has 1 heterocycles. The molecular formula is C15H20ClN5. The summed E-state index contributed by atoms with van der Waals surface area (Å²) in [6.07, 6.45) is 6.23. The molecule has 1 aliphatic carbocycles. The molecule has 2 N–H and O–H groups in total. The first-order valence-corrected chi connectivity index (χ1v) is 7.83. The van der Waals surface area contributed by atoms with Gasteiger partial charge in [0.05, 0.1) is 11.6 Å². The van der Waals surface area contributed by atoms with Gasteiger partial charge in [0, 0.05) is 11.3 Å². The van der Waals surface area contributed by atoms with E-state index < -0.39 is 0 Å². The lowest BCUT2D eigenvalue weighted by Gasteiger charge is -2.27. The van der Waals surface area contributed by atoms with E-state index in [1.807, 2.05) is 10.7 Å². The number of rotatable bonds is 4. The minimum atomic E-state index is 0.316. The van der Waals surface area contributed by atoms with Crippen LogP contribution in [0.1, 0.15) is 39.0 Å². The molecule has 1 saturated carbocycles. The molecular weight excluding hydrogens is 286 g/mol. The standard InChI is InChI=1S/C15H20ClN5/c1-2-15(7-3-4-8-15)10-21-14(18-19-20-21)12-9-11(17)5-6-13(12)16/h5-6,9H,2-4,7-8,10,17H2,1H3. The number of anilines is 1. The second-order valence-corrected chi connectivity index (χ2v) is 6.37. The van der Waals surface area contributed by atoms with Crippen LogP contribution in [0.2, 0.25) is 5.02 Å². The van der Waals surface area contributed by atoms with Gasteiger partial charge in [0.25, 0.3) is 0 Å². The van der Waals surface area contributed by atoms with Gasteiger partial charge in [-0.15, -0.1) is 5.10 Å². The summed E-state index contributed by atoms with van der Waals surface area (Å²) in [4.78, 5) is 0. The highest BCUT2D eigenvalue weighted by Gasteiger charge is 2.33. The highest BCUT2D eigenvalue weighted by atomic mass is 35.5. The van der Waals surface area contributed by atoms with Crippen molar-refractivity contribution in [2.75, 3.05) is 5.73 Å². The molecule has 3 rings (SSSR count). The molecule has 0 radical (unpaired) electrons. The smallest absolute Gasteiger partial charge is 0.183 e. The number of nitrogens with zero attached hydrogens (tertiary/aromatic N) is 4. The summed E-state index contributed by atoms with van der Waals surface area (Å²) in [5.74, 6) is 0.701. The Bertz CT molecular complexity index is 631. The molecule has 0 atom stereocenters. The van der Waals surface area contributed by atoms with Crippen LogP contribution in [0.5, 0.6) is 0 Å². The fraction of sp³-hybridized carbons (Fsp3) is 0.533. The van der Waals surface area contributed by atoms with Crippen LogP contribution in [0, 0.1) is 5.41 Å². The van der Waals surface area contributed by atoms with Crippen LogP contribution < -0.4 is 5.73 Å². The van der Waals surface area contributed by atoms with E-state index in [0.717, 1.165) is 18.5 Å². The molecule has 0 spiro atoms. The van der Waals surface area contributed by atoms with Crippen molar-refractivity contribution in [3.8, 4) is 11.4 Å². The van der Waals surface area contributed by atoms with E-state index in [1.165, 1.54) is 25.7 Å². The Morgan fingerprint density at radius 1 is 1.33 bits per heavy atom. The monoisotopic (exact) mass is 305 g/mol. The molecule has 0 amide bonds. The lowest BCUT2D eigenvalue weighted by Crippen LogP contribution is -2.24. The molecule has 1 fully saturated rings. The molecule has 5 nitrogen and oxygen atoms in total. The maximum absolute atomic E-state index is 6.28. The van der Waals surface area contributed by atoms with Gasteiger partial charge in [-0.25, -0.2) is 4.68 Å². The number of halogens is 1. The van der Waals surface area contributed by atoms with E-state index in [2.05, 4.69) is 22.4 Å². The first-order valence-electron chi connectivity index (χ1n) is 7.45. The van der Waals surface area contributed by atoms with Gasteiger partial charge in [-0.1, -0.05) is 31.4 Å². The zero-order chi connectivity index (χ0) is 14.9. The largest absolute Gasteiger partial charge is 0.399 e. The highest BCUT2D eigenvalue weighted by molar-refractivity contribution is 6.33. The Balaban J connectivity index is 1.96. The quantitative estimate of drug-likeness (QED) is 0.877.